The van der Waals surface area contributed by atoms with Crippen LogP contribution < -0.4 is 9.80 Å². The first kappa shape index (κ1) is 34.4. The van der Waals surface area contributed by atoms with Gasteiger partial charge in [-0.1, -0.05) is 146 Å². The predicted molar refractivity (Wildman–Crippen MR) is 252 cm³/mol. The zero-order valence-electron chi connectivity index (χ0n) is 32.4. The molecule has 0 bridgehead atoms. The van der Waals surface area contributed by atoms with E-state index in [1.165, 1.54) is 48.9 Å². The normalized spacial score (nSPS) is 11.7. The summed E-state index contributed by atoms with van der Waals surface area (Å²) in [5, 5.41) is 7.45. The Morgan fingerprint density at radius 3 is 1.51 bits per heavy atom. The van der Waals surface area contributed by atoms with Crippen LogP contribution in [0.5, 0.6) is 0 Å². The first-order valence-corrected chi connectivity index (χ1v) is 20.2. The van der Waals surface area contributed by atoms with Gasteiger partial charge in [0.1, 0.15) is 0 Å². The Labute approximate surface area is 343 Å². The van der Waals surface area contributed by atoms with Gasteiger partial charge in [-0.25, -0.2) is 0 Å². The van der Waals surface area contributed by atoms with Gasteiger partial charge in [0.15, 0.2) is 0 Å². The van der Waals surface area contributed by atoms with Gasteiger partial charge in [-0.15, -0.1) is 0 Å². The molecule has 0 aliphatic heterocycles. The van der Waals surface area contributed by atoms with Crippen molar-refractivity contribution >= 4 is 89.6 Å². The minimum absolute atomic E-state index is 1.11. The molecule has 11 aromatic rings. The van der Waals surface area contributed by atoms with E-state index >= 15 is 0 Å². The van der Waals surface area contributed by atoms with Gasteiger partial charge in [-0.2, -0.15) is 0 Å². The van der Waals surface area contributed by atoms with E-state index in [2.05, 4.69) is 251 Å². The molecule has 0 fully saturated rings. The third-order valence-corrected chi connectivity index (χ3v) is 11.5. The smallest absolute Gasteiger partial charge is 0.0548 e. The van der Waals surface area contributed by atoms with E-state index in [-0.39, 0.29) is 0 Å². The van der Waals surface area contributed by atoms with Crippen molar-refractivity contribution in [3.63, 3.8) is 0 Å². The summed E-state index contributed by atoms with van der Waals surface area (Å²) < 4.78 is 2.42. The second-order valence-corrected chi connectivity index (χ2v) is 15.0. The molecular formula is C56H39N3. The Kier molecular flexibility index (Phi) is 8.49. The van der Waals surface area contributed by atoms with Crippen molar-refractivity contribution in [3.8, 4) is 5.69 Å². The SMILES string of the molecule is C(=C\c1ccc2c3c1ccc1c(N(c4ccccc4)c4ccccc4)ccc(c13)n2-c1ccccc1)/c1ccc(N(c2ccccc2)c2ccc3ccccc3c2)cc1. The molecule has 0 amide bonds. The molecule has 11 rings (SSSR count). The van der Waals surface area contributed by atoms with E-state index in [1.807, 2.05) is 0 Å². The maximum atomic E-state index is 2.42. The summed E-state index contributed by atoms with van der Waals surface area (Å²) in [6, 6.07) is 80.6. The number of nitrogens with zero attached hydrogens (tertiary/aromatic N) is 3. The highest BCUT2D eigenvalue weighted by Gasteiger charge is 2.23. The lowest BCUT2D eigenvalue weighted by Crippen LogP contribution is -2.10. The van der Waals surface area contributed by atoms with Gasteiger partial charge in [0.05, 0.1) is 16.7 Å². The minimum atomic E-state index is 1.11. The average Bonchev–Trinajstić information content (AvgIpc) is 3.65. The van der Waals surface area contributed by atoms with Crippen molar-refractivity contribution in [1.29, 1.82) is 0 Å². The minimum Gasteiger partial charge on any atom is -0.310 e. The molecule has 59 heavy (non-hydrogen) atoms. The van der Waals surface area contributed by atoms with Gasteiger partial charge in [-0.3, -0.25) is 0 Å². The molecule has 0 saturated heterocycles. The van der Waals surface area contributed by atoms with Crippen molar-refractivity contribution < 1.29 is 0 Å². The highest BCUT2D eigenvalue weighted by atomic mass is 15.1. The summed E-state index contributed by atoms with van der Waals surface area (Å²) in [7, 11) is 0. The number of anilines is 6. The van der Waals surface area contributed by atoms with E-state index in [0.29, 0.717) is 0 Å². The lowest BCUT2D eigenvalue weighted by Gasteiger charge is -2.27. The number of hydrogen-bond donors (Lipinski definition) is 0. The fraction of sp³-hybridized carbons (Fsp3) is 0. The Balaban J connectivity index is 1.02. The van der Waals surface area contributed by atoms with Crippen LogP contribution in [-0.2, 0) is 0 Å². The van der Waals surface area contributed by atoms with Crippen LogP contribution in [0, 0.1) is 0 Å². The van der Waals surface area contributed by atoms with Crippen LogP contribution >= 0.6 is 0 Å². The average molecular weight is 754 g/mol. The largest absolute Gasteiger partial charge is 0.310 e. The maximum Gasteiger partial charge on any atom is 0.0548 e. The van der Waals surface area contributed by atoms with Gasteiger partial charge >= 0.3 is 0 Å². The zero-order valence-corrected chi connectivity index (χ0v) is 32.4. The van der Waals surface area contributed by atoms with E-state index in [9.17, 15) is 0 Å². The van der Waals surface area contributed by atoms with Crippen LogP contribution in [0.4, 0.5) is 34.1 Å². The van der Waals surface area contributed by atoms with Crippen LogP contribution in [0.2, 0.25) is 0 Å². The summed E-state index contributed by atoms with van der Waals surface area (Å²) in [6.07, 6.45) is 4.51. The van der Waals surface area contributed by atoms with E-state index in [4.69, 9.17) is 0 Å². The lowest BCUT2D eigenvalue weighted by atomic mass is 9.96. The van der Waals surface area contributed by atoms with Crippen molar-refractivity contribution in [3.05, 3.63) is 236 Å². The van der Waals surface area contributed by atoms with Crippen LogP contribution in [0.1, 0.15) is 11.1 Å². The fourth-order valence-corrected chi connectivity index (χ4v) is 8.80. The van der Waals surface area contributed by atoms with Gasteiger partial charge < -0.3 is 14.4 Å². The fourth-order valence-electron chi connectivity index (χ4n) is 8.80. The molecule has 0 aliphatic carbocycles. The number of benzene rings is 10. The van der Waals surface area contributed by atoms with E-state index < -0.39 is 0 Å². The molecule has 0 aliphatic rings. The standard InChI is InChI=1S/C56H39N3/c1-5-17-44(18-6-1)57(49-33-29-41-15-13-14-16-43(41)39-49)48-31-26-40(27-32-48)25-28-42-30-36-53-55-50(42)34-35-51-52(37-38-54(56(51)55)59(53)47-23-11-4-12-24-47)58(45-19-7-2-8-20-45)46-21-9-3-10-22-46/h1-39H/b28-25+. The Morgan fingerprint density at radius 1 is 0.339 bits per heavy atom. The highest BCUT2D eigenvalue weighted by molar-refractivity contribution is 6.28. The Morgan fingerprint density at radius 2 is 0.847 bits per heavy atom. The molecular weight excluding hydrogens is 715 g/mol. The van der Waals surface area contributed by atoms with Crippen molar-refractivity contribution in [1.82, 2.24) is 4.57 Å². The lowest BCUT2D eigenvalue weighted by molar-refractivity contribution is 1.18. The Hall–Kier alpha value is -7.88. The van der Waals surface area contributed by atoms with Crippen LogP contribution in [0.25, 0.3) is 61.2 Å². The summed E-state index contributed by atoms with van der Waals surface area (Å²) in [5.74, 6) is 0. The molecule has 0 unspecified atom stereocenters. The number of aromatic nitrogens is 1. The molecule has 1 aromatic heterocycles. The van der Waals surface area contributed by atoms with Crippen LogP contribution in [-0.4, -0.2) is 4.57 Å². The first-order valence-electron chi connectivity index (χ1n) is 20.2. The van der Waals surface area contributed by atoms with Gasteiger partial charge in [0.2, 0.25) is 0 Å². The quantitative estimate of drug-likeness (QED) is 0.107. The molecule has 0 spiro atoms. The molecule has 3 nitrogen and oxygen atoms in total. The second-order valence-electron chi connectivity index (χ2n) is 15.0. The topological polar surface area (TPSA) is 11.4 Å². The van der Waals surface area contributed by atoms with Gasteiger partial charge in [0, 0.05) is 50.3 Å². The van der Waals surface area contributed by atoms with Gasteiger partial charge in [0.25, 0.3) is 0 Å². The monoisotopic (exact) mass is 753 g/mol. The molecule has 1 heterocycles. The number of rotatable bonds is 9. The van der Waals surface area contributed by atoms with Gasteiger partial charge in [-0.05, 0) is 118 Å². The molecule has 278 valence electrons. The maximum absolute atomic E-state index is 2.42. The summed E-state index contributed by atoms with van der Waals surface area (Å²) in [6.45, 7) is 0. The predicted octanol–water partition coefficient (Wildman–Crippen LogP) is 15.6. The van der Waals surface area contributed by atoms with E-state index in [0.717, 1.165) is 45.4 Å². The first-order chi connectivity index (χ1) is 29.3. The Bertz CT molecular complexity index is 3200. The number of para-hydroxylation sites is 4. The number of hydrogen-bond acceptors (Lipinski definition) is 2. The second kappa shape index (κ2) is 14.6. The molecule has 0 radical (unpaired) electrons. The van der Waals surface area contributed by atoms with Crippen molar-refractivity contribution in [2.45, 2.75) is 0 Å². The van der Waals surface area contributed by atoms with Crippen LogP contribution in [0.3, 0.4) is 0 Å². The summed E-state index contributed by atoms with van der Waals surface area (Å²) in [4.78, 5) is 4.70. The molecule has 3 heteroatoms. The van der Waals surface area contributed by atoms with Crippen molar-refractivity contribution in [2.75, 3.05) is 9.80 Å². The zero-order chi connectivity index (χ0) is 39.1. The molecule has 0 N–H and O–H groups in total. The number of fused-ring (bicyclic) bond motifs is 1. The molecule has 0 atom stereocenters. The highest BCUT2D eigenvalue weighted by Crippen LogP contribution is 2.46. The van der Waals surface area contributed by atoms with E-state index in [1.54, 1.807) is 0 Å². The van der Waals surface area contributed by atoms with Crippen molar-refractivity contribution in [2.24, 2.45) is 0 Å². The van der Waals surface area contributed by atoms with Crippen LogP contribution in [0.15, 0.2) is 224 Å². The third kappa shape index (κ3) is 6.08. The summed E-state index contributed by atoms with van der Waals surface area (Å²) in [5.41, 5.74) is 12.6. The summed E-state index contributed by atoms with van der Waals surface area (Å²) >= 11 is 0. The molecule has 0 saturated carbocycles. The molecule has 10 aromatic carbocycles. The third-order valence-electron chi connectivity index (χ3n) is 11.5.